The standard InChI is InChI=1S/C67H126O17P2/c1-7-11-13-15-17-19-20-21-22-23-24-26-32-39-45-51-66(71)83-62(55-78-65(70)50-44-38-31-28-27-29-35-41-47-59(5)9-3)57-81-85(73,74)79-53-61(68)54-80-86(75,76)82-58-63(56-77-64(69)49-43-37-30-25-18-16-14-12-8-2)84-67(72)52-46-40-34-33-36-42-48-60(6)10-4/h19-22,59-63,68H,7-18,23-58H2,1-6H3,(H,73,74)(H,75,76)/b20-19-,22-21-/t59?,60?,61-,62-,63-/m1/s1. The Hall–Kier alpha value is -2.46. The molecule has 4 unspecified atom stereocenters. The molecule has 0 bridgehead atoms. The molecule has 0 heterocycles. The molecule has 506 valence electrons. The zero-order chi connectivity index (χ0) is 63.6. The Bertz CT molecular complexity index is 1780. The highest BCUT2D eigenvalue weighted by molar-refractivity contribution is 7.47. The van der Waals surface area contributed by atoms with E-state index in [1.807, 2.05) is 0 Å². The van der Waals surface area contributed by atoms with Crippen molar-refractivity contribution in [1.82, 2.24) is 0 Å². The highest BCUT2D eigenvalue weighted by atomic mass is 31.2. The average molecular weight is 1270 g/mol. The molecule has 0 radical (unpaired) electrons. The van der Waals surface area contributed by atoms with Crippen LogP contribution in [0.4, 0.5) is 0 Å². The molecule has 3 N–H and O–H groups in total. The summed E-state index contributed by atoms with van der Waals surface area (Å²) in [5, 5.41) is 10.5. The van der Waals surface area contributed by atoms with E-state index in [1.54, 1.807) is 0 Å². The first-order chi connectivity index (χ1) is 41.4. The van der Waals surface area contributed by atoms with Crippen molar-refractivity contribution < 1.29 is 80.2 Å². The molecule has 17 nitrogen and oxygen atoms in total. The summed E-state index contributed by atoms with van der Waals surface area (Å²) < 4.78 is 68.0. The van der Waals surface area contributed by atoms with Gasteiger partial charge in [-0.2, -0.15) is 0 Å². The lowest BCUT2D eigenvalue weighted by atomic mass is 9.99. The van der Waals surface area contributed by atoms with Crippen molar-refractivity contribution in [3.8, 4) is 0 Å². The van der Waals surface area contributed by atoms with Gasteiger partial charge in [-0.05, 0) is 63.2 Å². The molecule has 0 aromatic carbocycles. The fourth-order valence-corrected chi connectivity index (χ4v) is 11.0. The number of hydrogen-bond donors (Lipinski definition) is 3. The van der Waals surface area contributed by atoms with Crippen LogP contribution in [0.1, 0.15) is 311 Å². The lowest BCUT2D eigenvalue weighted by Crippen LogP contribution is -2.30. The van der Waals surface area contributed by atoms with E-state index in [0.29, 0.717) is 25.7 Å². The zero-order valence-corrected chi connectivity index (χ0v) is 56.9. The molecule has 0 aromatic heterocycles. The second-order valence-electron chi connectivity index (χ2n) is 24.0. The normalized spacial score (nSPS) is 15.0. The van der Waals surface area contributed by atoms with E-state index in [-0.39, 0.29) is 25.7 Å². The van der Waals surface area contributed by atoms with Gasteiger partial charge in [0.1, 0.15) is 19.3 Å². The highest BCUT2D eigenvalue weighted by Crippen LogP contribution is 2.45. The molecule has 0 aliphatic rings. The summed E-state index contributed by atoms with van der Waals surface area (Å²) in [6, 6.07) is 0. The molecule has 19 heteroatoms. The molecule has 86 heavy (non-hydrogen) atoms. The van der Waals surface area contributed by atoms with E-state index in [1.165, 1.54) is 116 Å². The van der Waals surface area contributed by atoms with Crippen LogP contribution in [0.3, 0.4) is 0 Å². The molecule has 0 amide bonds. The van der Waals surface area contributed by atoms with Gasteiger partial charge in [0.25, 0.3) is 0 Å². The smallest absolute Gasteiger partial charge is 0.462 e. The van der Waals surface area contributed by atoms with Gasteiger partial charge in [0.2, 0.25) is 0 Å². The molecule has 0 spiro atoms. The largest absolute Gasteiger partial charge is 0.472 e. The Balaban J connectivity index is 5.29. The number of rotatable bonds is 64. The molecule has 0 saturated heterocycles. The third kappa shape index (κ3) is 57.9. The van der Waals surface area contributed by atoms with Crippen LogP contribution in [0.25, 0.3) is 0 Å². The molecule has 0 aromatic rings. The lowest BCUT2D eigenvalue weighted by Gasteiger charge is -2.21. The summed E-state index contributed by atoms with van der Waals surface area (Å²) in [6.07, 6.45) is 45.2. The van der Waals surface area contributed by atoms with Gasteiger partial charge in [-0.3, -0.25) is 37.3 Å². The van der Waals surface area contributed by atoms with Crippen LogP contribution < -0.4 is 0 Å². The van der Waals surface area contributed by atoms with Crippen molar-refractivity contribution in [2.45, 2.75) is 330 Å². The number of hydrogen-bond acceptors (Lipinski definition) is 15. The van der Waals surface area contributed by atoms with Gasteiger partial charge >= 0.3 is 39.5 Å². The van der Waals surface area contributed by atoms with Crippen molar-refractivity contribution in [3.63, 3.8) is 0 Å². The highest BCUT2D eigenvalue weighted by Gasteiger charge is 2.30. The summed E-state index contributed by atoms with van der Waals surface area (Å²) in [5.41, 5.74) is 0. The third-order valence-electron chi connectivity index (χ3n) is 15.6. The molecule has 0 fully saturated rings. The van der Waals surface area contributed by atoms with E-state index < -0.39 is 97.5 Å². The van der Waals surface area contributed by atoms with E-state index in [0.717, 1.165) is 115 Å². The average Bonchev–Trinajstić information content (AvgIpc) is 3.70. The number of carbonyl (C=O) groups excluding carboxylic acids is 4. The van der Waals surface area contributed by atoms with Crippen LogP contribution >= 0.6 is 15.6 Å². The van der Waals surface area contributed by atoms with E-state index >= 15 is 0 Å². The topological polar surface area (TPSA) is 237 Å². The predicted octanol–water partition coefficient (Wildman–Crippen LogP) is 18.4. The van der Waals surface area contributed by atoms with Crippen LogP contribution in [0.2, 0.25) is 0 Å². The van der Waals surface area contributed by atoms with Gasteiger partial charge in [-0.15, -0.1) is 0 Å². The maximum atomic E-state index is 13.0. The Morgan fingerprint density at radius 3 is 0.988 bits per heavy atom. The zero-order valence-electron chi connectivity index (χ0n) is 55.1. The van der Waals surface area contributed by atoms with Crippen molar-refractivity contribution in [2.24, 2.45) is 11.8 Å². The monoisotopic (exact) mass is 1260 g/mol. The molecule has 0 aliphatic carbocycles. The van der Waals surface area contributed by atoms with Gasteiger partial charge < -0.3 is 33.8 Å². The number of aliphatic hydroxyl groups is 1. The van der Waals surface area contributed by atoms with Gasteiger partial charge in [-0.25, -0.2) is 9.13 Å². The number of carbonyl (C=O) groups is 4. The Kier molecular flexibility index (Phi) is 57.2. The van der Waals surface area contributed by atoms with Crippen LogP contribution in [0.15, 0.2) is 24.3 Å². The van der Waals surface area contributed by atoms with Crippen LogP contribution in [-0.2, 0) is 65.4 Å². The number of ether oxygens (including phenoxy) is 4. The van der Waals surface area contributed by atoms with Gasteiger partial charge in [0.05, 0.1) is 26.4 Å². The third-order valence-corrected chi connectivity index (χ3v) is 17.5. The fraction of sp³-hybridized carbons (Fsp3) is 0.881. The Morgan fingerprint density at radius 1 is 0.372 bits per heavy atom. The molecular weight excluding hydrogens is 1140 g/mol. The van der Waals surface area contributed by atoms with Crippen molar-refractivity contribution >= 4 is 39.5 Å². The van der Waals surface area contributed by atoms with Crippen molar-refractivity contribution in [3.05, 3.63) is 24.3 Å². The Morgan fingerprint density at radius 2 is 0.651 bits per heavy atom. The summed E-state index contributed by atoms with van der Waals surface area (Å²) >= 11 is 0. The van der Waals surface area contributed by atoms with Crippen LogP contribution in [0, 0.1) is 11.8 Å². The maximum absolute atomic E-state index is 13.0. The predicted molar refractivity (Wildman–Crippen MR) is 344 cm³/mol. The number of unbranched alkanes of at least 4 members (excludes halogenated alkanes) is 29. The number of aliphatic hydroxyl groups excluding tert-OH is 1. The SMILES string of the molecule is CCCCCC/C=C\C=C/CCCCCCCC(=O)O[C@H](COC(=O)CCCCCCCCCCC(C)CC)COP(=O)(O)OC[C@@H](O)COP(=O)(O)OC[C@@H](COC(=O)CCCCCCCCCCC)OC(=O)CCCCCCCCC(C)CC. The molecule has 7 atom stereocenters. The number of phosphoric acid groups is 2. The maximum Gasteiger partial charge on any atom is 0.472 e. The van der Waals surface area contributed by atoms with Gasteiger partial charge in [0.15, 0.2) is 12.2 Å². The first-order valence-electron chi connectivity index (χ1n) is 34.4. The molecule has 0 saturated carbocycles. The fourth-order valence-electron chi connectivity index (χ4n) is 9.46. The van der Waals surface area contributed by atoms with Crippen molar-refractivity contribution in [2.75, 3.05) is 39.6 Å². The minimum absolute atomic E-state index is 0.0842. The number of phosphoric ester groups is 2. The minimum atomic E-state index is -4.96. The van der Waals surface area contributed by atoms with Gasteiger partial charge in [0, 0.05) is 25.7 Å². The summed E-state index contributed by atoms with van der Waals surface area (Å²) in [4.78, 5) is 72.3. The van der Waals surface area contributed by atoms with E-state index in [2.05, 4.69) is 65.8 Å². The van der Waals surface area contributed by atoms with E-state index in [9.17, 15) is 43.2 Å². The summed E-state index contributed by atoms with van der Waals surface area (Å²) in [7, 11) is -9.90. The summed E-state index contributed by atoms with van der Waals surface area (Å²) in [5.74, 6) is -0.671. The number of allylic oxidation sites excluding steroid dienone is 4. The second kappa shape index (κ2) is 58.9. The molecule has 0 aliphatic heterocycles. The van der Waals surface area contributed by atoms with E-state index in [4.69, 9.17) is 37.0 Å². The minimum Gasteiger partial charge on any atom is -0.462 e. The Labute approximate surface area is 522 Å². The summed E-state index contributed by atoms with van der Waals surface area (Å²) in [6.45, 7) is 9.38. The van der Waals surface area contributed by atoms with Crippen LogP contribution in [0.5, 0.6) is 0 Å². The molecule has 0 rings (SSSR count). The lowest BCUT2D eigenvalue weighted by molar-refractivity contribution is -0.161. The first kappa shape index (κ1) is 83.5. The molecular formula is C67H126O17P2. The van der Waals surface area contributed by atoms with Gasteiger partial charge in [-0.1, -0.05) is 258 Å². The second-order valence-corrected chi connectivity index (χ2v) is 26.9. The first-order valence-corrected chi connectivity index (χ1v) is 37.4. The number of esters is 4. The quantitative estimate of drug-likeness (QED) is 0.0169. The van der Waals surface area contributed by atoms with Crippen LogP contribution in [-0.4, -0.2) is 96.7 Å². The van der Waals surface area contributed by atoms with Crippen molar-refractivity contribution in [1.29, 1.82) is 0 Å².